The summed E-state index contributed by atoms with van der Waals surface area (Å²) >= 11 is 1.24. The molecule has 9 heteroatoms. The zero-order valence-electron chi connectivity index (χ0n) is 14.4. The number of nitrogens with zero attached hydrogens (tertiary/aromatic N) is 5. The number of aromatic nitrogens is 3. The third-order valence-electron chi connectivity index (χ3n) is 4.28. The molecule has 0 saturated carbocycles. The van der Waals surface area contributed by atoms with Crippen LogP contribution in [0.1, 0.15) is 0 Å². The number of carbonyl (C=O) groups excluding carboxylic acids is 1. The molecule has 0 radical (unpaired) electrons. The lowest BCUT2D eigenvalue weighted by Gasteiger charge is -2.34. The minimum atomic E-state index is -0.334. The summed E-state index contributed by atoms with van der Waals surface area (Å²) in [6, 6.07) is 9.90. The molecule has 1 aromatic carbocycles. The minimum Gasteiger partial charge on any atom is -0.343 e. The van der Waals surface area contributed by atoms with E-state index in [9.17, 15) is 9.18 Å². The average Bonchev–Trinajstić information content (AvgIpc) is 3.19. The number of amides is 2. The Hall–Kier alpha value is -3.07. The van der Waals surface area contributed by atoms with E-state index < -0.39 is 0 Å². The fourth-order valence-corrected chi connectivity index (χ4v) is 3.57. The van der Waals surface area contributed by atoms with Crippen molar-refractivity contribution < 1.29 is 9.18 Å². The second-order valence-corrected chi connectivity index (χ2v) is 6.76. The summed E-state index contributed by atoms with van der Waals surface area (Å²) in [5.41, 5.74) is 1.07. The van der Waals surface area contributed by atoms with E-state index in [0.29, 0.717) is 43.3 Å². The molecule has 2 amide bonds. The predicted molar refractivity (Wildman–Crippen MR) is 102 cm³/mol. The minimum absolute atomic E-state index is 0.146. The standard InChI is InChI=1S/C18H17FN6OS/c19-15-6-2-1-5-14(15)16-22-18(27-23-16)25-10-8-24(9-11-25)17(26)21-13-4-3-7-20-12-13/h1-7,12H,8-11H2,(H,21,26). The molecule has 0 aliphatic carbocycles. The number of nitrogens with one attached hydrogen (secondary N) is 1. The molecule has 27 heavy (non-hydrogen) atoms. The molecule has 3 heterocycles. The number of benzene rings is 1. The quantitative estimate of drug-likeness (QED) is 0.751. The van der Waals surface area contributed by atoms with Gasteiger partial charge in [0.15, 0.2) is 5.82 Å². The molecular weight excluding hydrogens is 367 g/mol. The molecule has 0 unspecified atom stereocenters. The lowest BCUT2D eigenvalue weighted by molar-refractivity contribution is 0.208. The van der Waals surface area contributed by atoms with Crippen LogP contribution in [0.2, 0.25) is 0 Å². The lowest BCUT2D eigenvalue weighted by atomic mass is 10.2. The van der Waals surface area contributed by atoms with E-state index in [1.54, 1.807) is 47.6 Å². The fraction of sp³-hybridized carbons (Fsp3) is 0.222. The molecule has 1 N–H and O–H groups in total. The largest absolute Gasteiger partial charge is 0.343 e. The van der Waals surface area contributed by atoms with E-state index in [1.807, 2.05) is 0 Å². The van der Waals surface area contributed by atoms with Crippen molar-refractivity contribution in [3.05, 3.63) is 54.6 Å². The number of carbonyl (C=O) groups is 1. The third kappa shape index (κ3) is 3.87. The number of hydrogen-bond acceptors (Lipinski definition) is 6. The van der Waals surface area contributed by atoms with Gasteiger partial charge in [-0.1, -0.05) is 12.1 Å². The third-order valence-corrected chi connectivity index (χ3v) is 5.06. The van der Waals surface area contributed by atoms with Gasteiger partial charge in [-0.2, -0.15) is 9.36 Å². The summed E-state index contributed by atoms with van der Waals surface area (Å²) in [6.07, 6.45) is 3.27. The molecule has 7 nitrogen and oxygen atoms in total. The molecule has 138 valence electrons. The molecule has 0 atom stereocenters. The summed E-state index contributed by atoms with van der Waals surface area (Å²) < 4.78 is 18.2. The maximum Gasteiger partial charge on any atom is 0.322 e. The van der Waals surface area contributed by atoms with Crippen molar-refractivity contribution >= 4 is 28.4 Å². The van der Waals surface area contributed by atoms with Gasteiger partial charge in [0.25, 0.3) is 0 Å². The Morgan fingerprint density at radius 1 is 1.11 bits per heavy atom. The first kappa shape index (κ1) is 17.3. The van der Waals surface area contributed by atoms with Crippen molar-refractivity contribution in [2.45, 2.75) is 0 Å². The number of hydrogen-bond donors (Lipinski definition) is 1. The van der Waals surface area contributed by atoms with Gasteiger partial charge in [-0.3, -0.25) is 4.98 Å². The zero-order valence-corrected chi connectivity index (χ0v) is 15.2. The van der Waals surface area contributed by atoms with Crippen LogP contribution in [0.15, 0.2) is 48.8 Å². The van der Waals surface area contributed by atoms with Crippen LogP contribution < -0.4 is 10.2 Å². The van der Waals surface area contributed by atoms with Crippen LogP contribution in [0.3, 0.4) is 0 Å². The van der Waals surface area contributed by atoms with Crippen LogP contribution in [-0.2, 0) is 0 Å². The Labute approximate surface area is 159 Å². The van der Waals surface area contributed by atoms with Crippen LogP contribution in [0, 0.1) is 5.82 Å². The van der Waals surface area contributed by atoms with Gasteiger partial charge in [-0.15, -0.1) is 0 Å². The van der Waals surface area contributed by atoms with Gasteiger partial charge in [-0.25, -0.2) is 9.18 Å². The second kappa shape index (κ2) is 7.67. The Kier molecular flexibility index (Phi) is 4.93. The monoisotopic (exact) mass is 384 g/mol. The number of piperazine rings is 1. The summed E-state index contributed by atoms with van der Waals surface area (Å²) in [5, 5.41) is 3.57. The van der Waals surface area contributed by atoms with Crippen molar-refractivity contribution in [1.82, 2.24) is 19.2 Å². The van der Waals surface area contributed by atoms with E-state index in [-0.39, 0.29) is 11.8 Å². The first-order chi connectivity index (χ1) is 13.2. The van der Waals surface area contributed by atoms with E-state index >= 15 is 0 Å². The highest BCUT2D eigenvalue weighted by Crippen LogP contribution is 2.26. The first-order valence-electron chi connectivity index (χ1n) is 8.50. The summed E-state index contributed by atoms with van der Waals surface area (Å²) in [4.78, 5) is 24.6. The fourth-order valence-electron chi connectivity index (χ4n) is 2.84. The molecule has 3 aromatic rings. The molecule has 2 aromatic heterocycles. The van der Waals surface area contributed by atoms with Crippen LogP contribution in [0.4, 0.5) is 20.0 Å². The van der Waals surface area contributed by atoms with Gasteiger partial charge in [-0.05, 0) is 24.3 Å². The normalized spacial score (nSPS) is 14.3. The Morgan fingerprint density at radius 3 is 2.67 bits per heavy atom. The zero-order chi connectivity index (χ0) is 18.6. The summed E-state index contributed by atoms with van der Waals surface area (Å²) in [5.74, 6) is 0.0589. The van der Waals surface area contributed by atoms with Gasteiger partial charge in [0.2, 0.25) is 5.13 Å². The van der Waals surface area contributed by atoms with Gasteiger partial charge in [0.05, 0.1) is 17.4 Å². The maximum absolute atomic E-state index is 13.9. The van der Waals surface area contributed by atoms with Crippen molar-refractivity contribution in [2.24, 2.45) is 0 Å². The molecule has 0 spiro atoms. The second-order valence-electron chi connectivity index (χ2n) is 6.03. The van der Waals surface area contributed by atoms with Crippen molar-refractivity contribution in [3.63, 3.8) is 0 Å². The van der Waals surface area contributed by atoms with Crippen molar-refractivity contribution in [2.75, 3.05) is 36.4 Å². The van der Waals surface area contributed by atoms with E-state index in [1.165, 1.54) is 17.6 Å². The smallest absolute Gasteiger partial charge is 0.322 e. The Bertz CT molecular complexity index is 926. The highest BCUT2D eigenvalue weighted by atomic mass is 32.1. The van der Waals surface area contributed by atoms with E-state index in [4.69, 9.17) is 0 Å². The average molecular weight is 384 g/mol. The van der Waals surface area contributed by atoms with Crippen LogP contribution in [-0.4, -0.2) is 51.5 Å². The highest BCUT2D eigenvalue weighted by molar-refractivity contribution is 7.09. The number of anilines is 2. The lowest BCUT2D eigenvalue weighted by Crippen LogP contribution is -2.50. The molecule has 0 bridgehead atoms. The molecule has 4 rings (SSSR count). The predicted octanol–water partition coefficient (Wildman–Crippen LogP) is 3.09. The summed E-state index contributed by atoms with van der Waals surface area (Å²) in [7, 11) is 0. The van der Waals surface area contributed by atoms with Gasteiger partial charge >= 0.3 is 6.03 Å². The Morgan fingerprint density at radius 2 is 1.93 bits per heavy atom. The SMILES string of the molecule is O=C(Nc1cccnc1)N1CCN(c2nc(-c3ccccc3F)ns2)CC1. The summed E-state index contributed by atoms with van der Waals surface area (Å²) in [6.45, 7) is 2.43. The number of rotatable bonds is 3. The van der Waals surface area contributed by atoms with Gasteiger partial charge < -0.3 is 15.1 Å². The highest BCUT2D eigenvalue weighted by Gasteiger charge is 2.24. The molecule has 1 saturated heterocycles. The van der Waals surface area contributed by atoms with Crippen molar-refractivity contribution in [3.8, 4) is 11.4 Å². The van der Waals surface area contributed by atoms with Crippen molar-refractivity contribution in [1.29, 1.82) is 0 Å². The molecular formula is C18H17FN6OS. The van der Waals surface area contributed by atoms with Gasteiger partial charge in [0.1, 0.15) is 5.82 Å². The van der Waals surface area contributed by atoms with E-state index in [2.05, 4.69) is 24.6 Å². The molecule has 1 fully saturated rings. The molecule has 1 aliphatic rings. The topological polar surface area (TPSA) is 74.2 Å². The number of urea groups is 1. The number of halogens is 1. The van der Waals surface area contributed by atoms with Gasteiger partial charge in [0, 0.05) is 43.9 Å². The number of pyridine rings is 1. The van der Waals surface area contributed by atoms with Crippen LogP contribution in [0.5, 0.6) is 0 Å². The Balaban J connectivity index is 1.37. The van der Waals surface area contributed by atoms with Crippen LogP contribution in [0.25, 0.3) is 11.4 Å². The first-order valence-corrected chi connectivity index (χ1v) is 9.27. The molecule has 1 aliphatic heterocycles. The maximum atomic E-state index is 13.9. The van der Waals surface area contributed by atoms with Crippen LogP contribution >= 0.6 is 11.5 Å². The van der Waals surface area contributed by atoms with E-state index in [0.717, 1.165) is 5.13 Å².